The molecule has 4 aromatic carbocycles. The molecular formula is C33H33IN4O7. The van der Waals surface area contributed by atoms with Gasteiger partial charge in [0.25, 0.3) is 0 Å². The molecule has 2 heterocycles. The molecule has 0 unspecified atom stereocenters. The second kappa shape index (κ2) is 15.0. The molecule has 0 aliphatic rings. The molecule has 2 N–H and O–H groups in total. The zero-order valence-electron chi connectivity index (χ0n) is 25.5. The Morgan fingerprint density at radius 2 is 1.09 bits per heavy atom. The molecule has 0 amide bonds. The van der Waals surface area contributed by atoms with Crippen molar-refractivity contribution in [1.29, 1.82) is 0 Å². The Morgan fingerprint density at radius 1 is 0.556 bits per heavy atom. The lowest BCUT2D eigenvalue weighted by Gasteiger charge is -2.11. The highest BCUT2D eigenvalue weighted by atomic mass is 127. The van der Waals surface area contributed by atoms with Gasteiger partial charge in [0.1, 0.15) is 3.70 Å². The van der Waals surface area contributed by atoms with E-state index < -0.39 is 0 Å². The number of nitrogens with zero attached hydrogens (tertiary/aromatic N) is 2. The first-order valence-corrected chi connectivity index (χ1v) is 14.8. The zero-order chi connectivity index (χ0) is 31.8. The van der Waals surface area contributed by atoms with Crippen LogP contribution >= 0.6 is 22.6 Å². The van der Waals surface area contributed by atoms with Gasteiger partial charge in [0, 0.05) is 19.6 Å². The fraction of sp³-hybridized carbons (Fsp3) is 0.212. The number of H-pyrrole nitrogens is 2. The van der Waals surface area contributed by atoms with E-state index >= 15 is 0 Å². The standard InChI is InChI=1S/C17H18N2O4.C16H15IN2O3/c1-20-10-23-15-7-5-12(9-16(15)21-2)11-4-6-13-14(8-11)18-19-17(13)22-3;1-20-9-22-14-6-4-11(8-15(14)21-2)10-3-5-12-13(7-10)18-19-16(12)17/h4-9H,10H2,1-3H3,(H,18,19);3-8H,9H2,1-2H3,(H,18,19). The first-order chi connectivity index (χ1) is 22.0. The highest BCUT2D eigenvalue weighted by Gasteiger charge is 2.11. The van der Waals surface area contributed by atoms with E-state index in [1.807, 2.05) is 54.6 Å². The summed E-state index contributed by atoms with van der Waals surface area (Å²) < 4.78 is 37.8. The summed E-state index contributed by atoms with van der Waals surface area (Å²) in [7, 11) is 8.00. The predicted molar refractivity (Wildman–Crippen MR) is 180 cm³/mol. The number of ether oxygens (including phenoxy) is 7. The number of rotatable bonds is 11. The Kier molecular flexibility index (Phi) is 10.6. The predicted octanol–water partition coefficient (Wildman–Crippen LogP) is 7.06. The second-order valence-electron chi connectivity index (χ2n) is 9.60. The number of methoxy groups -OCH3 is 5. The first kappa shape index (κ1) is 31.9. The third kappa shape index (κ3) is 7.24. The van der Waals surface area contributed by atoms with E-state index in [-0.39, 0.29) is 13.6 Å². The van der Waals surface area contributed by atoms with Crippen molar-refractivity contribution in [3.8, 4) is 51.1 Å². The van der Waals surface area contributed by atoms with E-state index in [4.69, 9.17) is 33.2 Å². The molecule has 0 spiro atoms. The summed E-state index contributed by atoms with van der Waals surface area (Å²) in [4.78, 5) is 0. The molecule has 0 saturated heterocycles. The van der Waals surface area contributed by atoms with Gasteiger partial charge >= 0.3 is 0 Å². The SMILES string of the molecule is COCOc1ccc(-c2ccc3c(I)[nH]nc3c2)cc1OC.COCOc1ccc(-c2ccc3c(OC)n[nH]c3c2)cc1OC. The van der Waals surface area contributed by atoms with Crippen LogP contribution in [-0.4, -0.2) is 69.5 Å². The molecule has 11 nitrogen and oxygen atoms in total. The van der Waals surface area contributed by atoms with Gasteiger partial charge in [-0.2, -0.15) is 5.10 Å². The summed E-state index contributed by atoms with van der Waals surface area (Å²) in [6.07, 6.45) is 0. The summed E-state index contributed by atoms with van der Waals surface area (Å²) in [5, 5.41) is 16.5. The molecule has 0 aliphatic heterocycles. The molecule has 0 atom stereocenters. The maximum atomic E-state index is 5.48. The van der Waals surface area contributed by atoms with Crippen LogP contribution in [0, 0.1) is 3.70 Å². The molecule has 6 rings (SSSR count). The van der Waals surface area contributed by atoms with Crippen molar-refractivity contribution in [3.05, 3.63) is 76.5 Å². The molecule has 0 saturated carbocycles. The second-order valence-corrected chi connectivity index (χ2v) is 10.7. The Morgan fingerprint density at radius 3 is 1.64 bits per heavy atom. The summed E-state index contributed by atoms with van der Waals surface area (Å²) in [6, 6.07) is 23.8. The van der Waals surface area contributed by atoms with Crippen molar-refractivity contribution in [3.63, 3.8) is 0 Å². The van der Waals surface area contributed by atoms with Crippen molar-refractivity contribution in [1.82, 2.24) is 20.4 Å². The summed E-state index contributed by atoms with van der Waals surface area (Å²) in [5.74, 6) is 3.21. The van der Waals surface area contributed by atoms with Crippen LogP contribution in [0.4, 0.5) is 0 Å². The van der Waals surface area contributed by atoms with Crippen molar-refractivity contribution >= 4 is 44.4 Å². The van der Waals surface area contributed by atoms with Gasteiger partial charge in [-0.3, -0.25) is 10.2 Å². The van der Waals surface area contributed by atoms with E-state index in [1.54, 1.807) is 35.5 Å². The fourth-order valence-electron chi connectivity index (χ4n) is 4.67. The van der Waals surface area contributed by atoms with Gasteiger partial charge in [0.05, 0.1) is 37.7 Å². The molecule has 6 aromatic rings. The minimum Gasteiger partial charge on any atom is -0.493 e. The van der Waals surface area contributed by atoms with Crippen LogP contribution < -0.4 is 23.7 Å². The van der Waals surface area contributed by atoms with E-state index in [9.17, 15) is 0 Å². The summed E-state index contributed by atoms with van der Waals surface area (Å²) >= 11 is 2.24. The maximum Gasteiger partial charge on any atom is 0.240 e. The number of hydrogen-bond acceptors (Lipinski definition) is 9. The van der Waals surface area contributed by atoms with Crippen LogP contribution in [0.2, 0.25) is 0 Å². The van der Waals surface area contributed by atoms with Gasteiger partial charge in [-0.15, -0.1) is 5.10 Å². The highest BCUT2D eigenvalue weighted by molar-refractivity contribution is 14.1. The molecule has 12 heteroatoms. The minimum atomic E-state index is 0.176. The average Bonchev–Trinajstić information content (AvgIpc) is 3.68. The number of aromatic nitrogens is 4. The lowest BCUT2D eigenvalue weighted by atomic mass is 10.0. The van der Waals surface area contributed by atoms with Crippen LogP contribution in [0.5, 0.6) is 28.9 Å². The summed E-state index contributed by atoms with van der Waals surface area (Å²) in [5.41, 5.74) is 6.04. The highest BCUT2D eigenvalue weighted by Crippen LogP contribution is 2.35. The smallest absolute Gasteiger partial charge is 0.240 e. The maximum absolute atomic E-state index is 5.48. The molecule has 0 radical (unpaired) electrons. The number of benzene rings is 4. The Balaban J connectivity index is 0.000000178. The monoisotopic (exact) mass is 724 g/mol. The third-order valence-corrected chi connectivity index (χ3v) is 7.71. The van der Waals surface area contributed by atoms with Crippen molar-refractivity contribution in [2.24, 2.45) is 0 Å². The van der Waals surface area contributed by atoms with Gasteiger partial charge in [-0.05, 0) is 93.4 Å². The number of fused-ring (bicyclic) bond motifs is 2. The van der Waals surface area contributed by atoms with E-state index in [0.29, 0.717) is 28.9 Å². The molecule has 0 aliphatic carbocycles. The van der Waals surface area contributed by atoms with Gasteiger partial charge in [-0.1, -0.05) is 24.3 Å². The van der Waals surface area contributed by atoms with Crippen LogP contribution in [0.3, 0.4) is 0 Å². The largest absolute Gasteiger partial charge is 0.493 e. The molecular weight excluding hydrogens is 691 g/mol. The molecule has 45 heavy (non-hydrogen) atoms. The number of halogens is 1. The van der Waals surface area contributed by atoms with Crippen molar-refractivity contribution < 1.29 is 33.2 Å². The minimum absolute atomic E-state index is 0.176. The van der Waals surface area contributed by atoms with Crippen LogP contribution in [-0.2, 0) is 9.47 Å². The molecule has 234 valence electrons. The number of nitrogens with one attached hydrogen (secondary N) is 2. The molecule has 2 aromatic heterocycles. The topological polar surface area (TPSA) is 122 Å². The Labute approximate surface area is 273 Å². The molecule has 0 bridgehead atoms. The van der Waals surface area contributed by atoms with Gasteiger partial charge in [0.2, 0.25) is 5.88 Å². The van der Waals surface area contributed by atoms with E-state index in [2.05, 4.69) is 61.2 Å². The average molecular weight is 725 g/mol. The fourth-order valence-corrected chi connectivity index (χ4v) is 5.24. The number of aromatic amines is 2. The van der Waals surface area contributed by atoms with E-state index in [0.717, 1.165) is 47.8 Å². The normalized spacial score (nSPS) is 10.8. The van der Waals surface area contributed by atoms with Crippen LogP contribution in [0.15, 0.2) is 72.8 Å². The summed E-state index contributed by atoms with van der Waals surface area (Å²) in [6.45, 7) is 0.364. The molecule has 0 fully saturated rings. The lowest BCUT2D eigenvalue weighted by molar-refractivity contribution is 0.0490. The van der Waals surface area contributed by atoms with Gasteiger partial charge < -0.3 is 33.2 Å². The van der Waals surface area contributed by atoms with Crippen LogP contribution in [0.1, 0.15) is 0 Å². The zero-order valence-corrected chi connectivity index (χ0v) is 27.6. The van der Waals surface area contributed by atoms with Crippen molar-refractivity contribution in [2.75, 3.05) is 49.1 Å². The first-order valence-electron chi connectivity index (χ1n) is 13.8. The Hall–Kier alpha value is -4.53. The third-order valence-electron chi connectivity index (χ3n) is 6.89. The number of hydrogen-bond donors (Lipinski definition) is 2. The quantitative estimate of drug-likeness (QED) is 0.107. The van der Waals surface area contributed by atoms with Crippen LogP contribution in [0.25, 0.3) is 44.1 Å². The van der Waals surface area contributed by atoms with Gasteiger partial charge in [0.15, 0.2) is 36.6 Å². The van der Waals surface area contributed by atoms with Gasteiger partial charge in [-0.25, -0.2) is 0 Å². The van der Waals surface area contributed by atoms with E-state index in [1.165, 1.54) is 0 Å². The Bertz CT molecular complexity index is 1890. The lowest BCUT2D eigenvalue weighted by Crippen LogP contribution is -2.00. The van der Waals surface area contributed by atoms with Crippen molar-refractivity contribution in [2.45, 2.75) is 0 Å².